The van der Waals surface area contributed by atoms with Gasteiger partial charge in [0.1, 0.15) is 0 Å². The Bertz CT molecular complexity index is 795. The monoisotopic (exact) mass is 427 g/mol. The van der Waals surface area contributed by atoms with Crippen LogP contribution in [0.3, 0.4) is 0 Å². The molecule has 7 heteroatoms. The van der Waals surface area contributed by atoms with E-state index >= 15 is 0 Å². The second kappa shape index (κ2) is 11.0. The van der Waals surface area contributed by atoms with Crippen LogP contribution in [0.15, 0.2) is 35.5 Å². The van der Waals surface area contributed by atoms with Crippen LogP contribution in [-0.2, 0) is 11.3 Å². The van der Waals surface area contributed by atoms with E-state index in [0.717, 1.165) is 49.1 Å². The topological polar surface area (TPSA) is 63.1 Å². The number of para-hydroxylation sites is 1. The number of rotatable bonds is 7. The van der Waals surface area contributed by atoms with E-state index in [2.05, 4.69) is 37.1 Å². The number of likely N-dealkylation sites (tertiary alicyclic amines) is 1. The molecular formula is C23H33N5OS. The number of nitrogens with zero attached hydrogens (tertiary/aromatic N) is 4. The number of hydrogen-bond donors (Lipinski definition) is 1. The zero-order chi connectivity index (χ0) is 20.6. The molecule has 2 aliphatic rings. The highest BCUT2D eigenvalue weighted by Gasteiger charge is 2.20. The van der Waals surface area contributed by atoms with Crippen molar-refractivity contribution >= 4 is 17.7 Å². The van der Waals surface area contributed by atoms with Crippen molar-refractivity contribution in [1.29, 1.82) is 0 Å². The molecule has 2 fully saturated rings. The summed E-state index contributed by atoms with van der Waals surface area (Å²) in [5, 5.41) is 13.0. The molecule has 0 unspecified atom stereocenters. The normalized spacial score (nSPS) is 18.8. The molecule has 1 aliphatic carbocycles. The Morgan fingerprint density at radius 3 is 2.40 bits per heavy atom. The molecule has 1 aliphatic heterocycles. The highest BCUT2D eigenvalue weighted by atomic mass is 32.2. The quantitative estimate of drug-likeness (QED) is 0.530. The van der Waals surface area contributed by atoms with Crippen LogP contribution >= 0.6 is 11.8 Å². The number of carbonyl (C=O) groups is 1. The van der Waals surface area contributed by atoms with Crippen LogP contribution in [0.25, 0.3) is 5.69 Å². The van der Waals surface area contributed by atoms with Gasteiger partial charge in [-0.15, -0.1) is 10.2 Å². The zero-order valence-electron chi connectivity index (χ0n) is 17.8. The molecule has 2 heterocycles. The Morgan fingerprint density at radius 1 is 0.967 bits per heavy atom. The molecule has 6 nitrogen and oxygen atoms in total. The molecule has 1 saturated heterocycles. The van der Waals surface area contributed by atoms with Gasteiger partial charge < -0.3 is 5.32 Å². The van der Waals surface area contributed by atoms with Crippen molar-refractivity contribution in [3.8, 4) is 5.69 Å². The number of amides is 1. The van der Waals surface area contributed by atoms with Crippen LogP contribution in [0.2, 0.25) is 0 Å². The maximum atomic E-state index is 12.6. The van der Waals surface area contributed by atoms with Gasteiger partial charge in [0.15, 0.2) is 11.0 Å². The molecule has 1 aromatic carbocycles. The molecule has 0 bridgehead atoms. The first-order chi connectivity index (χ1) is 14.8. The van der Waals surface area contributed by atoms with Crippen molar-refractivity contribution in [2.24, 2.45) is 0 Å². The number of thioether (sulfide) groups is 1. The lowest BCUT2D eigenvalue weighted by atomic mass is 10.1. The third kappa shape index (κ3) is 5.85. The van der Waals surface area contributed by atoms with Gasteiger partial charge in [0.2, 0.25) is 5.91 Å². The van der Waals surface area contributed by atoms with Gasteiger partial charge in [-0.25, -0.2) is 0 Å². The summed E-state index contributed by atoms with van der Waals surface area (Å²) in [6, 6.07) is 10.6. The first-order valence-corrected chi connectivity index (χ1v) is 12.4. The molecule has 0 radical (unpaired) electrons. The van der Waals surface area contributed by atoms with Crippen molar-refractivity contribution in [2.45, 2.75) is 75.5 Å². The van der Waals surface area contributed by atoms with Crippen LogP contribution in [0.1, 0.15) is 63.6 Å². The van der Waals surface area contributed by atoms with E-state index in [0.29, 0.717) is 11.8 Å². The van der Waals surface area contributed by atoms with Gasteiger partial charge in [0, 0.05) is 11.7 Å². The summed E-state index contributed by atoms with van der Waals surface area (Å²) in [6.45, 7) is 3.04. The summed E-state index contributed by atoms with van der Waals surface area (Å²) in [6.07, 6.45) is 11.1. The molecule has 0 atom stereocenters. The van der Waals surface area contributed by atoms with Gasteiger partial charge in [0.25, 0.3) is 0 Å². The number of carbonyl (C=O) groups excluding carboxylic acids is 1. The standard InChI is InChI=1S/C23H33N5OS/c29-22(24-19-11-5-1-2-6-12-19)18-30-23-26-25-21(17-27-15-9-4-10-16-27)28(23)20-13-7-3-8-14-20/h3,7-8,13-14,19H,1-2,4-6,9-12,15-18H2,(H,24,29). The molecule has 1 N–H and O–H groups in total. The predicted molar refractivity (Wildman–Crippen MR) is 121 cm³/mol. The number of hydrogen-bond acceptors (Lipinski definition) is 5. The van der Waals surface area contributed by atoms with E-state index in [4.69, 9.17) is 0 Å². The zero-order valence-corrected chi connectivity index (χ0v) is 18.6. The van der Waals surface area contributed by atoms with E-state index in [1.807, 2.05) is 18.2 Å². The van der Waals surface area contributed by atoms with E-state index in [1.165, 1.54) is 56.7 Å². The fourth-order valence-electron chi connectivity index (χ4n) is 4.47. The minimum atomic E-state index is 0.104. The van der Waals surface area contributed by atoms with Gasteiger partial charge in [-0.2, -0.15) is 0 Å². The summed E-state index contributed by atoms with van der Waals surface area (Å²) < 4.78 is 2.12. The van der Waals surface area contributed by atoms with Crippen molar-refractivity contribution in [3.05, 3.63) is 36.2 Å². The fraction of sp³-hybridized carbons (Fsp3) is 0.609. The van der Waals surface area contributed by atoms with Gasteiger partial charge in [-0.1, -0.05) is 62.1 Å². The average molecular weight is 428 g/mol. The average Bonchev–Trinajstić information content (AvgIpc) is 2.99. The van der Waals surface area contributed by atoms with E-state index in [9.17, 15) is 4.79 Å². The van der Waals surface area contributed by atoms with Crippen LogP contribution in [0.5, 0.6) is 0 Å². The largest absolute Gasteiger partial charge is 0.353 e. The van der Waals surface area contributed by atoms with Crippen molar-refractivity contribution in [1.82, 2.24) is 25.0 Å². The smallest absolute Gasteiger partial charge is 0.230 e. The first kappa shape index (κ1) is 21.4. The summed E-state index contributed by atoms with van der Waals surface area (Å²) >= 11 is 1.49. The van der Waals surface area contributed by atoms with Gasteiger partial charge in [-0.3, -0.25) is 14.3 Å². The molecule has 4 rings (SSSR count). The van der Waals surface area contributed by atoms with E-state index < -0.39 is 0 Å². The van der Waals surface area contributed by atoms with Crippen molar-refractivity contribution in [3.63, 3.8) is 0 Å². The lowest BCUT2D eigenvalue weighted by Gasteiger charge is -2.26. The van der Waals surface area contributed by atoms with Crippen molar-refractivity contribution in [2.75, 3.05) is 18.8 Å². The fourth-order valence-corrected chi connectivity index (χ4v) is 5.26. The maximum absolute atomic E-state index is 12.6. The maximum Gasteiger partial charge on any atom is 0.230 e. The SMILES string of the molecule is O=C(CSc1nnc(CN2CCCCC2)n1-c1ccccc1)NC1CCCCCC1. The number of benzene rings is 1. The molecule has 30 heavy (non-hydrogen) atoms. The second-order valence-electron chi connectivity index (χ2n) is 8.45. The lowest BCUT2D eigenvalue weighted by molar-refractivity contribution is -0.119. The molecular weight excluding hydrogens is 394 g/mol. The van der Waals surface area contributed by atoms with Crippen LogP contribution in [0, 0.1) is 0 Å². The molecule has 0 spiro atoms. The van der Waals surface area contributed by atoms with Crippen LogP contribution in [-0.4, -0.2) is 50.5 Å². The summed E-state index contributed by atoms with van der Waals surface area (Å²) in [4.78, 5) is 15.0. The van der Waals surface area contributed by atoms with Gasteiger partial charge in [-0.05, 0) is 50.9 Å². The van der Waals surface area contributed by atoms with E-state index in [-0.39, 0.29) is 5.91 Å². The van der Waals surface area contributed by atoms with Gasteiger partial charge >= 0.3 is 0 Å². The summed E-state index contributed by atoms with van der Waals surface area (Å²) in [5.74, 6) is 1.44. The molecule has 1 aromatic heterocycles. The summed E-state index contributed by atoms with van der Waals surface area (Å²) in [5.41, 5.74) is 1.06. The number of piperidine rings is 1. The molecule has 2 aromatic rings. The molecule has 162 valence electrons. The minimum absolute atomic E-state index is 0.104. The van der Waals surface area contributed by atoms with Gasteiger partial charge in [0.05, 0.1) is 12.3 Å². The Kier molecular flexibility index (Phi) is 7.81. The second-order valence-corrected chi connectivity index (χ2v) is 9.39. The highest BCUT2D eigenvalue weighted by Crippen LogP contribution is 2.24. The third-order valence-electron chi connectivity index (χ3n) is 6.08. The van der Waals surface area contributed by atoms with Crippen molar-refractivity contribution < 1.29 is 4.79 Å². The Hall–Kier alpha value is -1.86. The number of aromatic nitrogens is 3. The minimum Gasteiger partial charge on any atom is -0.353 e. The highest BCUT2D eigenvalue weighted by molar-refractivity contribution is 7.99. The summed E-state index contributed by atoms with van der Waals surface area (Å²) in [7, 11) is 0. The Morgan fingerprint density at radius 2 is 1.67 bits per heavy atom. The number of nitrogens with one attached hydrogen (secondary N) is 1. The Balaban J connectivity index is 1.43. The first-order valence-electron chi connectivity index (χ1n) is 11.4. The lowest BCUT2D eigenvalue weighted by Crippen LogP contribution is -2.35. The Labute approximate surface area is 183 Å². The molecule has 1 saturated carbocycles. The van der Waals surface area contributed by atoms with Crippen LogP contribution < -0.4 is 5.32 Å². The van der Waals surface area contributed by atoms with E-state index in [1.54, 1.807) is 0 Å². The molecule has 1 amide bonds. The predicted octanol–water partition coefficient (Wildman–Crippen LogP) is 4.18. The van der Waals surface area contributed by atoms with Crippen LogP contribution in [0.4, 0.5) is 0 Å². The third-order valence-corrected chi connectivity index (χ3v) is 7.01.